The fraction of sp³-hybridized carbons (Fsp3) is 0.267. The van der Waals surface area contributed by atoms with Gasteiger partial charge in [0.1, 0.15) is 17.1 Å². The molecule has 0 spiro atoms. The molecule has 3 heterocycles. The Balaban J connectivity index is 1.66. The van der Waals surface area contributed by atoms with Crippen LogP contribution in [0.15, 0.2) is 35.1 Å². The van der Waals surface area contributed by atoms with E-state index in [1.54, 1.807) is 21.9 Å². The number of carbonyl (C=O) groups excluding carboxylic acids is 2. The highest BCUT2D eigenvalue weighted by atomic mass is 35.5. The molecule has 0 bridgehead atoms. The van der Waals surface area contributed by atoms with Gasteiger partial charge in [0, 0.05) is 26.2 Å². The number of nitrogens with zero attached hydrogens (tertiary/aromatic N) is 3. The molecule has 0 saturated carbocycles. The third-order valence-electron chi connectivity index (χ3n) is 3.64. The zero-order chi connectivity index (χ0) is 16.4. The third-order valence-corrected chi connectivity index (χ3v) is 4.15. The first-order valence-electron chi connectivity index (χ1n) is 6.99. The Morgan fingerprint density at radius 2 is 1.65 bits per heavy atom. The number of furan rings is 1. The Morgan fingerprint density at radius 3 is 2.26 bits per heavy atom. The number of amides is 2. The average molecular weight is 354 g/mol. The minimum absolute atomic E-state index is 0.107. The van der Waals surface area contributed by atoms with Crippen LogP contribution in [0.2, 0.25) is 10.2 Å². The van der Waals surface area contributed by atoms with Crippen LogP contribution >= 0.6 is 23.2 Å². The van der Waals surface area contributed by atoms with Crippen LogP contribution < -0.4 is 0 Å². The molecule has 2 aromatic heterocycles. The van der Waals surface area contributed by atoms with Crippen molar-refractivity contribution >= 4 is 35.0 Å². The summed E-state index contributed by atoms with van der Waals surface area (Å²) in [6, 6.07) is 4.69. The summed E-state index contributed by atoms with van der Waals surface area (Å²) in [4.78, 5) is 32.0. The molecule has 0 unspecified atom stereocenters. The maximum atomic E-state index is 12.5. The summed E-state index contributed by atoms with van der Waals surface area (Å²) in [6.45, 7) is 1.70. The van der Waals surface area contributed by atoms with Crippen molar-refractivity contribution in [2.45, 2.75) is 0 Å². The highest BCUT2D eigenvalue weighted by Crippen LogP contribution is 2.19. The zero-order valence-corrected chi connectivity index (χ0v) is 13.5. The lowest BCUT2D eigenvalue weighted by Crippen LogP contribution is -2.50. The first-order chi connectivity index (χ1) is 11.1. The fourth-order valence-corrected chi connectivity index (χ4v) is 2.73. The number of piperazine rings is 1. The van der Waals surface area contributed by atoms with Crippen molar-refractivity contribution in [3.8, 4) is 0 Å². The fourth-order valence-electron chi connectivity index (χ4n) is 2.40. The van der Waals surface area contributed by atoms with Gasteiger partial charge in [-0.1, -0.05) is 23.2 Å². The second-order valence-electron chi connectivity index (χ2n) is 5.06. The highest BCUT2D eigenvalue weighted by molar-refractivity contribution is 6.34. The average Bonchev–Trinajstić information content (AvgIpc) is 3.10. The molecule has 1 aliphatic heterocycles. The van der Waals surface area contributed by atoms with E-state index in [1.807, 2.05) is 0 Å². The molecular weight excluding hydrogens is 341 g/mol. The lowest BCUT2D eigenvalue weighted by Gasteiger charge is -2.34. The van der Waals surface area contributed by atoms with Crippen molar-refractivity contribution in [3.63, 3.8) is 0 Å². The minimum atomic E-state index is -0.284. The number of aromatic nitrogens is 1. The minimum Gasteiger partial charge on any atom is -0.472 e. The van der Waals surface area contributed by atoms with Crippen LogP contribution in [0.3, 0.4) is 0 Å². The molecule has 3 rings (SSSR count). The summed E-state index contributed by atoms with van der Waals surface area (Å²) in [5.41, 5.74) is 0.637. The van der Waals surface area contributed by atoms with Gasteiger partial charge >= 0.3 is 0 Å². The maximum Gasteiger partial charge on any atom is 0.274 e. The van der Waals surface area contributed by atoms with Gasteiger partial charge in [0.2, 0.25) is 0 Å². The maximum absolute atomic E-state index is 12.5. The van der Waals surface area contributed by atoms with Crippen LogP contribution in [-0.4, -0.2) is 52.8 Å². The van der Waals surface area contributed by atoms with E-state index in [9.17, 15) is 9.59 Å². The molecule has 8 heteroatoms. The zero-order valence-electron chi connectivity index (χ0n) is 12.0. The van der Waals surface area contributed by atoms with Gasteiger partial charge in [-0.05, 0) is 18.2 Å². The predicted molar refractivity (Wildman–Crippen MR) is 84.8 cm³/mol. The van der Waals surface area contributed by atoms with E-state index in [1.165, 1.54) is 18.6 Å². The van der Waals surface area contributed by atoms with E-state index < -0.39 is 0 Å². The second-order valence-corrected chi connectivity index (χ2v) is 5.86. The van der Waals surface area contributed by atoms with Crippen molar-refractivity contribution in [3.05, 3.63) is 52.2 Å². The summed E-state index contributed by atoms with van der Waals surface area (Å²) >= 11 is 11.8. The van der Waals surface area contributed by atoms with Crippen LogP contribution in [0, 0.1) is 0 Å². The van der Waals surface area contributed by atoms with E-state index in [0.29, 0.717) is 31.7 Å². The SMILES string of the molecule is O=C(c1ccoc1)N1CCN(C(=O)c2nc(Cl)ccc2Cl)CC1. The largest absolute Gasteiger partial charge is 0.472 e. The molecule has 2 aromatic rings. The number of hydrogen-bond donors (Lipinski definition) is 0. The smallest absolute Gasteiger partial charge is 0.274 e. The summed E-state index contributed by atoms with van der Waals surface area (Å²) in [5.74, 6) is -0.391. The molecule has 0 aliphatic carbocycles. The van der Waals surface area contributed by atoms with Gasteiger partial charge in [0.05, 0.1) is 16.8 Å². The van der Waals surface area contributed by atoms with Crippen molar-refractivity contribution in [1.82, 2.24) is 14.8 Å². The Morgan fingerprint density at radius 1 is 1.00 bits per heavy atom. The Hall–Kier alpha value is -2.05. The lowest BCUT2D eigenvalue weighted by molar-refractivity contribution is 0.0532. The van der Waals surface area contributed by atoms with Crippen LogP contribution in [0.5, 0.6) is 0 Å². The van der Waals surface area contributed by atoms with Gasteiger partial charge in [0.25, 0.3) is 11.8 Å². The topological polar surface area (TPSA) is 66.7 Å². The number of hydrogen-bond acceptors (Lipinski definition) is 4. The molecule has 6 nitrogen and oxygen atoms in total. The normalized spacial score (nSPS) is 14.9. The first-order valence-corrected chi connectivity index (χ1v) is 7.74. The van der Waals surface area contributed by atoms with E-state index in [2.05, 4.69) is 4.98 Å². The van der Waals surface area contributed by atoms with Crippen molar-refractivity contribution < 1.29 is 14.0 Å². The van der Waals surface area contributed by atoms with Gasteiger partial charge in [0.15, 0.2) is 0 Å². The number of carbonyl (C=O) groups is 2. The first kappa shape index (κ1) is 15.8. The van der Waals surface area contributed by atoms with Gasteiger partial charge in [-0.3, -0.25) is 9.59 Å². The number of halogens is 2. The van der Waals surface area contributed by atoms with Crippen molar-refractivity contribution in [1.29, 1.82) is 0 Å². The highest BCUT2D eigenvalue weighted by Gasteiger charge is 2.27. The molecule has 0 aromatic carbocycles. The molecule has 0 N–H and O–H groups in total. The van der Waals surface area contributed by atoms with Gasteiger partial charge < -0.3 is 14.2 Å². The predicted octanol–water partition coefficient (Wildman–Crippen LogP) is 2.58. The number of pyridine rings is 1. The van der Waals surface area contributed by atoms with Crippen LogP contribution in [-0.2, 0) is 0 Å². The molecule has 0 atom stereocenters. The molecule has 1 fully saturated rings. The van der Waals surface area contributed by atoms with E-state index in [4.69, 9.17) is 27.6 Å². The Kier molecular flexibility index (Phi) is 4.54. The quantitative estimate of drug-likeness (QED) is 0.778. The second kappa shape index (κ2) is 6.60. The Labute approximate surface area is 142 Å². The molecule has 0 radical (unpaired) electrons. The summed E-state index contributed by atoms with van der Waals surface area (Å²) in [7, 11) is 0. The lowest BCUT2D eigenvalue weighted by atomic mass is 10.2. The molecule has 1 aliphatic rings. The van der Waals surface area contributed by atoms with Crippen molar-refractivity contribution in [2.24, 2.45) is 0 Å². The van der Waals surface area contributed by atoms with E-state index >= 15 is 0 Å². The molecule has 2 amide bonds. The van der Waals surface area contributed by atoms with Gasteiger partial charge in [-0.2, -0.15) is 0 Å². The summed E-state index contributed by atoms with van der Waals surface area (Å²) < 4.78 is 4.92. The third kappa shape index (κ3) is 3.33. The molecule has 120 valence electrons. The van der Waals surface area contributed by atoms with E-state index in [-0.39, 0.29) is 27.7 Å². The van der Waals surface area contributed by atoms with Crippen LogP contribution in [0.25, 0.3) is 0 Å². The Bertz CT molecular complexity index is 726. The van der Waals surface area contributed by atoms with Crippen molar-refractivity contribution in [2.75, 3.05) is 26.2 Å². The molecule has 1 saturated heterocycles. The van der Waals surface area contributed by atoms with Gasteiger partial charge in [-0.15, -0.1) is 0 Å². The monoisotopic (exact) mass is 353 g/mol. The molecule has 23 heavy (non-hydrogen) atoms. The number of rotatable bonds is 2. The van der Waals surface area contributed by atoms with Crippen LogP contribution in [0.1, 0.15) is 20.8 Å². The van der Waals surface area contributed by atoms with Gasteiger partial charge in [-0.25, -0.2) is 4.98 Å². The molecular formula is C15H13Cl2N3O3. The van der Waals surface area contributed by atoms with E-state index in [0.717, 1.165) is 0 Å². The summed E-state index contributed by atoms with van der Waals surface area (Å²) in [6.07, 6.45) is 2.87. The van der Waals surface area contributed by atoms with Crippen LogP contribution in [0.4, 0.5) is 0 Å². The summed E-state index contributed by atoms with van der Waals surface area (Å²) in [5, 5.41) is 0.475. The standard InChI is InChI=1S/C15H13Cl2N3O3/c16-11-1-2-12(17)18-13(11)15(22)20-6-4-19(5-7-20)14(21)10-3-8-23-9-10/h1-3,8-9H,4-7H2.